The summed E-state index contributed by atoms with van der Waals surface area (Å²) in [5, 5.41) is 4.61. The average Bonchev–Trinajstić information content (AvgIpc) is 2.43. The maximum Gasteiger partial charge on any atom is 0.164 e. The Morgan fingerprint density at radius 3 is 2.53 bits per heavy atom. The molecule has 2 rings (SSSR count). The maximum absolute atomic E-state index is 6.11. The van der Waals surface area contributed by atoms with Crippen LogP contribution in [0.1, 0.15) is 5.56 Å². The van der Waals surface area contributed by atoms with Crippen molar-refractivity contribution in [2.75, 3.05) is 5.73 Å². The van der Waals surface area contributed by atoms with Gasteiger partial charge in [-0.25, -0.2) is 0 Å². The lowest BCUT2D eigenvalue weighted by Crippen LogP contribution is -1.95. The van der Waals surface area contributed by atoms with Crippen LogP contribution in [0.4, 0.5) is 5.82 Å². The van der Waals surface area contributed by atoms with Crippen molar-refractivity contribution in [1.82, 2.24) is 9.78 Å². The summed E-state index contributed by atoms with van der Waals surface area (Å²) in [6.07, 6.45) is 0. The van der Waals surface area contributed by atoms with Crippen molar-refractivity contribution >= 4 is 17.4 Å². The van der Waals surface area contributed by atoms with Crippen molar-refractivity contribution in [3.63, 3.8) is 0 Å². The van der Waals surface area contributed by atoms with Crippen LogP contribution in [0, 0.1) is 6.92 Å². The quantitative estimate of drug-likeness (QED) is 0.805. The molecule has 0 saturated carbocycles. The van der Waals surface area contributed by atoms with Crippen LogP contribution >= 0.6 is 11.6 Å². The highest BCUT2D eigenvalue weighted by Crippen LogP contribution is 2.33. The first-order valence-electron chi connectivity index (χ1n) is 4.65. The fourth-order valence-corrected chi connectivity index (χ4v) is 1.91. The van der Waals surface area contributed by atoms with E-state index in [9.17, 15) is 0 Å². The molecule has 0 fully saturated rings. The SMILES string of the molecule is Cc1ccccc1-c1c(Cl)c(N)nn1C. The molecule has 4 heteroatoms. The number of halogens is 1. The minimum absolute atomic E-state index is 0.373. The Balaban J connectivity index is 2.69. The highest BCUT2D eigenvalue weighted by Gasteiger charge is 2.14. The molecule has 0 aliphatic rings. The average molecular weight is 222 g/mol. The zero-order valence-electron chi connectivity index (χ0n) is 8.66. The van der Waals surface area contributed by atoms with Crippen LogP contribution in [0.5, 0.6) is 0 Å². The van der Waals surface area contributed by atoms with E-state index in [1.807, 2.05) is 38.2 Å². The fourth-order valence-electron chi connectivity index (χ4n) is 1.65. The van der Waals surface area contributed by atoms with Crippen LogP contribution in [0.25, 0.3) is 11.3 Å². The van der Waals surface area contributed by atoms with Crippen LogP contribution in [0.15, 0.2) is 24.3 Å². The standard InChI is InChI=1S/C11H12ClN3/c1-7-5-3-4-6-8(7)10-9(12)11(13)14-15(10)2/h3-6H,1-2H3,(H2,13,14). The number of hydrogen-bond acceptors (Lipinski definition) is 2. The molecule has 0 aliphatic carbocycles. The van der Waals surface area contributed by atoms with E-state index >= 15 is 0 Å². The van der Waals surface area contributed by atoms with E-state index in [0.717, 1.165) is 16.8 Å². The monoisotopic (exact) mass is 221 g/mol. The minimum atomic E-state index is 0.373. The molecule has 3 nitrogen and oxygen atoms in total. The first kappa shape index (κ1) is 10.1. The molecule has 0 atom stereocenters. The second-order valence-electron chi connectivity index (χ2n) is 3.49. The fraction of sp³-hybridized carbons (Fsp3) is 0.182. The molecule has 0 spiro atoms. The van der Waals surface area contributed by atoms with Crippen molar-refractivity contribution in [3.05, 3.63) is 34.9 Å². The lowest BCUT2D eigenvalue weighted by Gasteiger charge is -2.05. The van der Waals surface area contributed by atoms with Crippen molar-refractivity contribution in [1.29, 1.82) is 0 Å². The van der Waals surface area contributed by atoms with E-state index < -0.39 is 0 Å². The molecule has 78 valence electrons. The van der Waals surface area contributed by atoms with Gasteiger partial charge in [0.25, 0.3) is 0 Å². The molecule has 0 bridgehead atoms. The first-order valence-corrected chi connectivity index (χ1v) is 5.03. The Morgan fingerprint density at radius 1 is 1.33 bits per heavy atom. The number of anilines is 1. The van der Waals surface area contributed by atoms with E-state index in [0.29, 0.717) is 10.8 Å². The van der Waals surface area contributed by atoms with Gasteiger partial charge >= 0.3 is 0 Å². The summed E-state index contributed by atoms with van der Waals surface area (Å²) in [5.74, 6) is 0.373. The number of nitrogens with two attached hydrogens (primary N) is 1. The van der Waals surface area contributed by atoms with Crippen LogP contribution in [-0.2, 0) is 7.05 Å². The van der Waals surface area contributed by atoms with Gasteiger partial charge in [0.2, 0.25) is 0 Å². The maximum atomic E-state index is 6.11. The third-order valence-corrected chi connectivity index (χ3v) is 2.79. The van der Waals surface area contributed by atoms with Gasteiger partial charge in [-0.3, -0.25) is 4.68 Å². The number of benzene rings is 1. The van der Waals surface area contributed by atoms with E-state index in [-0.39, 0.29) is 0 Å². The summed E-state index contributed by atoms with van der Waals surface area (Å²) in [4.78, 5) is 0. The van der Waals surface area contributed by atoms with Gasteiger partial charge in [-0.05, 0) is 12.5 Å². The van der Waals surface area contributed by atoms with Gasteiger partial charge in [-0.2, -0.15) is 5.10 Å². The molecule has 1 aromatic heterocycles. The van der Waals surface area contributed by atoms with Crippen molar-refractivity contribution in [2.45, 2.75) is 6.92 Å². The predicted octanol–water partition coefficient (Wildman–Crippen LogP) is 2.63. The molecule has 1 aromatic carbocycles. The third-order valence-electron chi connectivity index (χ3n) is 2.41. The lowest BCUT2D eigenvalue weighted by molar-refractivity contribution is 0.780. The lowest BCUT2D eigenvalue weighted by atomic mass is 10.1. The predicted molar refractivity (Wildman–Crippen MR) is 62.8 cm³/mol. The molecule has 0 aliphatic heterocycles. The summed E-state index contributed by atoms with van der Waals surface area (Å²) in [7, 11) is 1.84. The number of rotatable bonds is 1. The number of nitrogens with zero attached hydrogens (tertiary/aromatic N) is 2. The van der Waals surface area contributed by atoms with Crippen molar-refractivity contribution in [3.8, 4) is 11.3 Å². The molecule has 2 N–H and O–H groups in total. The van der Waals surface area contributed by atoms with Crippen molar-refractivity contribution in [2.24, 2.45) is 7.05 Å². The topological polar surface area (TPSA) is 43.8 Å². The number of nitrogen functional groups attached to an aromatic ring is 1. The molecule has 0 radical (unpaired) electrons. The largest absolute Gasteiger partial charge is 0.381 e. The second-order valence-corrected chi connectivity index (χ2v) is 3.86. The van der Waals surface area contributed by atoms with E-state index in [1.165, 1.54) is 0 Å². The normalized spacial score (nSPS) is 10.6. The Hall–Kier alpha value is -1.48. The highest BCUT2D eigenvalue weighted by atomic mass is 35.5. The number of aryl methyl sites for hydroxylation is 2. The molecule has 15 heavy (non-hydrogen) atoms. The zero-order chi connectivity index (χ0) is 11.0. The van der Waals surface area contributed by atoms with Gasteiger partial charge in [-0.1, -0.05) is 35.9 Å². The molecule has 0 saturated heterocycles. The molecular formula is C11H12ClN3. The van der Waals surface area contributed by atoms with Gasteiger partial charge in [-0.15, -0.1) is 0 Å². The number of aromatic nitrogens is 2. The third kappa shape index (κ3) is 1.59. The van der Waals surface area contributed by atoms with Gasteiger partial charge in [0, 0.05) is 12.6 Å². The van der Waals surface area contributed by atoms with Crippen LogP contribution < -0.4 is 5.73 Å². The molecule has 0 amide bonds. The Labute approximate surface area is 93.5 Å². The summed E-state index contributed by atoms with van der Waals surface area (Å²) in [6.45, 7) is 2.04. The second kappa shape index (κ2) is 3.59. The first-order chi connectivity index (χ1) is 7.11. The number of hydrogen-bond donors (Lipinski definition) is 1. The van der Waals surface area contributed by atoms with Gasteiger partial charge in [0.15, 0.2) is 5.82 Å². The van der Waals surface area contributed by atoms with Crippen molar-refractivity contribution < 1.29 is 0 Å². The van der Waals surface area contributed by atoms with Gasteiger partial charge in [0.1, 0.15) is 5.02 Å². The minimum Gasteiger partial charge on any atom is -0.381 e. The Kier molecular flexibility index (Phi) is 2.40. The van der Waals surface area contributed by atoms with Crippen LogP contribution in [0.2, 0.25) is 5.02 Å². The van der Waals surface area contributed by atoms with Gasteiger partial charge < -0.3 is 5.73 Å². The van der Waals surface area contributed by atoms with E-state index in [4.69, 9.17) is 17.3 Å². The molecule has 1 heterocycles. The molecular weight excluding hydrogens is 210 g/mol. The van der Waals surface area contributed by atoms with Gasteiger partial charge in [0.05, 0.1) is 5.69 Å². The summed E-state index contributed by atoms with van der Waals surface area (Å²) < 4.78 is 1.71. The Bertz CT molecular complexity index is 503. The molecule has 0 unspecified atom stereocenters. The highest BCUT2D eigenvalue weighted by molar-refractivity contribution is 6.35. The van der Waals surface area contributed by atoms with Crippen LogP contribution in [0.3, 0.4) is 0 Å². The summed E-state index contributed by atoms with van der Waals surface area (Å²) in [6, 6.07) is 8.01. The van der Waals surface area contributed by atoms with E-state index in [1.54, 1.807) is 4.68 Å². The zero-order valence-corrected chi connectivity index (χ0v) is 9.42. The summed E-state index contributed by atoms with van der Waals surface area (Å²) in [5.41, 5.74) is 8.75. The van der Waals surface area contributed by atoms with Crippen LogP contribution in [-0.4, -0.2) is 9.78 Å². The summed E-state index contributed by atoms with van der Waals surface area (Å²) >= 11 is 6.11. The molecule has 2 aromatic rings. The van der Waals surface area contributed by atoms with E-state index in [2.05, 4.69) is 5.10 Å². The Morgan fingerprint density at radius 2 is 2.00 bits per heavy atom. The smallest absolute Gasteiger partial charge is 0.164 e.